The van der Waals surface area contributed by atoms with Gasteiger partial charge in [0, 0.05) is 5.69 Å². The summed E-state index contributed by atoms with van der Waals surface area (Å²) < 4.78 is 5.27. The Hall–Kier alpha value is -2.21. The Balaban J connectivity index is 2.02. The standard InChI is InChI=1S/C13H12N4OS/c1-7-6-19-11(10(7)14)13-16-12(17-18-13)9-5-3-4-8(2)15-9/h3-6H,14H2,1-2H3. The van der Waals surface area contributed by atoms with Crippen LogP contribution in [0.2, 0.25) is 0 Å². The number of pyridine rings is 1. The van der Waals surface area contributed by atoms with Crippen molar-refractivity contribution in [1.82, 2.24) is 15.1 Å². The van der Waals surface area contributed by atoms with Crippen LogP contribution in [0.3, 0.4) is 0 Å². The fraction of sp³-hybridized carbons (Fsp3) is 0.154. The first kappa shape index (κ1) is 11.9. The molecule has 6 heteroatoms. The first-order chi connectivity index (χ1) is 9.15. The van der Waals surface area contributed by atoms with Crippen molar-refractivity contribution in [2.24, 2.45) is 0 Å². The first-order valence-electron chi connectivity index (χ1n) is 5.77. The molecule has 0 saturated heterocycles. The number of anilines is 1. The lowest BCUT2D eigenvalue weighted by Crippen LogP contribution is -1.89. The van der Waals surface area contributed by atoms with Crippen molar-refractivity contribution < 1.29 is 4.52 Å². The fourth-order valence-electron chi connectivity index (χ4n) is 1.71. The number of rotatable bonds is 2. The van der Waals surface area contributed by atoms with Crippen molar-refractivity contribution in [2.45, 2.75) is 13.8 Å². The van der Waals surface area contributed by atoms with E-state index in [4.69, 9.17) is 10.3 Å². The lowest BCUT2D eigenvalue weighted by atomic mass is 10.3. The van der Waals surface area contributed by atoms with Gasteiger partial charge in [-0.25, -0.2) is 4.98 Å². The molecule has 0 aliphatic carbocycles. The van der Waals surface area contributed by atoms with Gasteiger partial charge >= 0.3 is 0 Å². The zero-order valence-corrected chi connectivity index (χ0v) is 11.4. The Morgan fingerprint density at radius 3 is 2.74 bits per heavy atom. The minimum Gasteiger partial charge on any atom is -0.397 e. The summed E-state index contributed by atoms with van der Waals surface area (Å²) >= 11 is 1.50. The van der Waals surface area contributed by atoms with Gasteiger partial charge in [0.05, 0.1) is 5.69 Å². The minimum atomic E-state index is 0.439. The smallest absolute Gasteiger partial charge is 0.270 e. The summed E-state index contributed by atoms with van der Waals surface area (Å²) in [5.74, 6) is 0.915. The molecule has 0 radical (unpaired) electrons. The number of hydrogen-bond donors (Lipinski definition) is 1. The average molecular weight is 272 g/mol. The molecule has 0 saturated carbocycles. The number of aryl methyl sites for hydroxylation is 2. The Bertz CT molecular complexity index is 732. The summed E-state index contributed by atoms with van der Waals surface area (Å²) in [7, 11) is 0. The molecule has 5 nitrogen and oxygen atoms in total. The van der Waals surface area contributed by atoms with Crippen molar-refractivity contribution in [3.8, 4) is 22.3 Å². The van der Waals surface area contributed by atoms with Crippen LogP contribution >= 0.6 is 11.3 Å². The van der Waals surface area contributed by atoms with Crippen LogP contribution in [0.15, 0.2) is 28.1 Å². The van der Waals surface area contributed by atoms with Gasteiger partial charge in [0.1, 0.15) is 10.6 Å². The number of nitrogens with two attached hydrogens (primary N) is 1. The maximum Gasteiger partial charge on any atom is 0.270 e. The van der Waals surface area contributed by atoms with E-state index in [0.29, 0.717) is 23.1 Å². The van der Waals surface area contributed by atoms with Gasteiger partial charge in [-0.1, -0.05) is 11.2 Å². The second-order valence-electron chi connectivity index (χ2n) is 4.25. The molecular formula is C13H12N4OS. The highest BCUT2D eigenvalue weighted by Crippen LogP contribution is 2.34. The molecule has 0 fully saturated rings. The van der Waals surface area contributed by atoms with Crippen molar-refractivity contribution in [3.63, 3.8) is 0 Å². The van der Waals surface area contributed by atoms with Crippen molar-refractivity contribution in [2.75, 3.05) is 5.73 Å². The topological polar surface area (TPSA) is 77.8 Å². The van der Waals surface area contributed by atoms with E-state index >= 15 is 0 Å². The monoisotopic (exact) mass is 272 g/mol. The highest BCUT2D eigenvalue weighted by Gasteiger charge is 2.16. The van der Waals surface area contributed by atoms with E-state index in [-0.39, 0.29) is 0 Å². The molecule has 0 amide bonds. The van der Waals surface area contributed by atoms with Crippen LogP contribution in [0, 0.1) is 13.8 Å². The molecule has 0 unspecified atom stereocenters. The summed E-state index contributed by atoms with van der Waals surface area (Å²) in [6.45, 7) is 3.87. The number of thiophene rings is 1. The van der Waals surface area contributed by atoms with Crippen LogP contribution in [0.1, 0.15) is 11.3 Å². The molecule has 3 aromatic rings. The Kier molecular flexibility index (Phi) is 2.79. The molecule has 3 rings (SSSR count). The van der Waals surface area contributed by atoms with Gasteiger partial charge < -0.3 is 10.3 Å². The van der Waals surface area contributed by atoms with Gasteiger partial charge in [-0.15, -0.1) is 11.3 Å². The Labute approximate surface area is 114 Å². The van der Waals surface area contributed by atoms with Crippen LogP contribution in [0.25, 0.3) is 22.3 Å². The molecule has 3 aromatic heterocycles. The van der Waals surface area contributed by atoms with Crippen LogP contribution in [-0.2, 0) is 0 Å². The third-order valence-electron chi connectivity index (χ3n) is 2.76. The largest absolute Gasteiger partial charge is 0.397 e. The zero-order chi connectivity index (χ0) is 13.4. The molecule has 0 atom stereocenters. The summed E-state index contributed by atoms with van der Waals surface area (Å²) in [6.07, 6.45) is 0. The van der Waals surface area contributed by atoms with E-state index in [0.717, 1.165) is 16.1 Å². The maximum absolute atomic E-state index is 5.97. The fourth-order valence-corrected chi connectivity index (χ4v) is 2.60. The van der Waals surface area contributed by atoms with E-state index in [2.05, 4.69) is 15.1 Å². The molecule has 0 bridgehead atoms. The lowest BCUT2D eigenvalue weighted by Gasteiger charge is -1.94. The minimum absolute atomic E-state index is 0.439. The van der Waals surface area contributed by atoms with Crippen LogP contribution in [0.4, 0.5) is 5.69 Å². The number of nitrogens with zero attached hydrogens (tertiary/aromatic N) is 3. The summed E-state index contributed by atoms with van der Waals surface area (Å²) in [6, 6.07) is 5.69. The van der Waals surface area contributed by atoms with Crippen LogP contribution in [0.5, 0.6) is 0 Å². The van der Waals surface area contributed by atoms with E-state index < -0.39 is 0 Å². The molecular weight excluding hydrogens is 260 g/mol. The summed E-state index contributed by atoms with van der Waals surface area (Å²) in [5.41, 5.74) is 9.30. The number of nitrogen functional groups attached to an aromatic ring is 1. The normalized spacial score (nSPS) is 10.8. The molecule has 19 heavy (non-hydrogen) atoms. The third kappa shape index (κ3) is 2.10. The maximum atomic E-state index is 5.97. The zero-order valence-electron chi connectivity index (χ0n) is 10.5. The number of aromatic nitrogens is 3. The van der Waals surface area contributed by atoms with Gasteiger partial charge in [0.15, 0.2) is 0 Å². The molecule has 0 spiro atoms. The Morgan fingerprint density at radius 1 is 1.21 bits per heavy atom. The van der Waals surface area contributed by atoms with Gasteiger partial charge in [0.25, 0.3) is 5.89 Å². The van der Waals surface area contributed by atoms with Gasteiger partial charge in [-0.05, 0) is 36.9 Å². The predicted molar refractivity (Wildman–Crippen MR) is 74.7 cm³/mol. The van der Waals surface area contributed by atoms with E-state index in [1.165, 1.54) is 11.3 Å². The molecule has 96 valence electrons. The summed E-state index contributed by atoms with van der Waals surface area (Å²) in [5, 5.41) is 5.93. The van der Waals surface area contributed by atoms with Crippen LogP contribution in [-0.4, -0.2) is 15.1 Å². The lowest BCUT2D eigenvalue weighted by molar-refractivity contribution is 0.433. The van der Waals surface area contributed by atoms with Crippen LogP contribution < -0.4 is 5.73 Å². The quantitative estimate of drug-likeness (QED) is 0.775. The van der Waals surface area contributed by atoms with Gasteiger partial charge in [0.2, 0.25) is 5.82 Å². The molecule has 0 aromatic carbocycles. The third-order valence-corrected chi connectivity index (χ3v) is 3.86. The molecule has 0 aliphatic heterocycles. The van der Waals surface area contributed by atoms with E-state index in [9.17, 15) is 0 Å². The van der Waals surface area contributed by atoms with Crippen molar-refractivity contribution >= 4 is 17.0 Å². The highest BCUT2D eigenvalue weighted by molar-refractivity contribution is 7.14. The molecule has 2 N–H and O–H groups in total. The van der Waals surface area contributed by atoms with E-state index in [1.54, 1.807) is 0 Å². The van der Waals surface area contributed by atoms with Gasteiger partial charge in [-0.3, -0.25) is 0 Å². The second kappa shape index (κ2) is 4.47. The van der Waals surface area contributed by atoms with Crippen molar-refractivity contribution in [3.05, 3.63) is 34.8 Å². The van der Waals surface area contributed by atoms with E-state index in [1.807, 2.05) is 37.4 Å². The average Bonchev–Trinajstić information content (AvgIpc) is 2.98. The molecule has 0 aliphatic rings. The molecule has 3 heterocycles. The second-order valence-corrected chi connectivity index (χ2v) is 5.13. The first-order valence-corrected chi connectivity index (χ1v) is 6.65. The van der Waals surface area contributed by atoms with Crippen molar-refractivity contribution in [1.29, 1.82) is 0 Å². The SMILES string of the molecule is Cc1cccc(-c2noc(-c3scc(C)c3N)n2)n1. The highest BCUT2D eigenvalue weighted by atomic mass is 32.1. The predicted octanol–water partition coefficient (Wildman–Crippen LogP) is 3.06. The summed E-state index contributed by atoms with van der Waals surface area (Å²) in [4.78, 5) is 9.53. The Morgan fingerprint density at radius 2 is 2.05 bits per heavy atom. The number of hydrogen-bond acceptors (Lipinski definition) is 6. The van der Waals surface area contributed by atoms with Gasteiger partial charge in [-0.2, -0.15) is 4.98 Å².